The molecule has 1 aliphatic heterocycles. The van der Waals surface area contributed by atoms with E-state index in [1.165, 1.54) is 25.7 Å². The van der Waals surface area contributed by atoms with Gasteiger partial charge in [-0.15, -0.1) is 0 Å². The monoisotopic (exact) mass is 680 g/mol. The Morgan fingerprint density at radius 1 is 0.667 bits per heavy atom. The standard InChI is InChI=1S/C38H64O10/c1-3-5-7-9-11-13-14-15-16-17-18-19-21-23-25-27-34(41)47-31(29-45-33(40)26-24-22-20-12-10-8-6-4-2)30-46-38-37(44)36(43)35(42)32(28-39)48-38/h5,7,11,13,15-16,18-19,31-32,35-39,42-44H,3-4,6,8-10,12,14,17,20-30H2,1-2H3/b7-5+,13-11+,16-15+,19-18+/t31-,32-,35+,36?,37?,38-/m1/s1. The van der Waals surface area contributed by atoms with Gasteiger partial charge in [0, 0.05) is 12.8 Å². The van der Waals surface area contributed by atoms with Crippen LogP contribution in [-0.2, 0) is 28.5 Å². The summed E-state index contributed by atoms with van der Waals surface area (Å²) in [6.07, 6.45) is 24.3. The predicted octanol–water partition coefficient (Wildman–Crippen LogP) is 6.15. The third kappa shape index (κ3) is 21.6. The molecule has 10 nitrogen and oxygen atoms in total. The third-order valence-corrected chi connectivity index (χ3v) is 7.98. The quantitative estimate of drug-likeness (QED) is 0.0430. The Balaban J connectivity index is 2.46. The number of aliphatic hydroxyl groups is 4. The molecule has 0 aromatic heterocycles. The van der Waals surface area contributed by atoms with E-state index in [1.54, 1.807) is 0 Å². The summed E-state index contributed by atoms with van der Waals surface area (Å²) in [6, 6.07) is 0. The second-order valence-electron chi connectivity index (χ2n) is 12.3. The van der Waals surface area contributed by atoms with Gasteiger partial charge in [0.2, 0.25) is 0 Å². The second-order valence-corrected chi connectivity index (χ2v) is 12.3. The van der Waals surface area contributed by atoms with Gasteiger partial charge >= 0.3 is 11.9 Å². The molecule has 276 valence electrons. The van der Waals surface area contributed by atoms with Crippen molar-refractivity contribution in [2.24, 2.45) is 0 Å². The summed E-state index contributed by atoms with van der Waals surface area (Å²) in [7, 11) is 0. The minimum atomic E-state index is -1.60. The molecule has 0 saturated carbocycles. The number of unbranched alkanes of at least 4 members (excludes halogenated alkanes) is 9. The van der Waals surface area contributed by atoms with Gasteiger partial charge in [0.25, 0.3) is 0 Å². The Morgan fingerprint density at radius 3 is 1.85 bits per heavy atom. The predicted molar refractivity (Wildman–Crippen MR) is 187 cm³/mol. The van der Waals surface area contributed by atoms with E-state index in [1.807, 2.05) is 0 Å². The fourth-order valence-electron chi connectivity index (χ4n) is 5.06. The maximum Gasteiger partial charge on any atom is 0.306 e. The number of carbonyl (C=O) groups excluding carboxylic acids is 2. The van der Waals surface area contributed by atoms with Crippen LogP contribution in [0.4, 0.5) is 0 Å². The molecule has 0 aromatic rings. The van der Waals surface area contributed by atoms with Crippen molar-refractivity contribution in [3.8, 4) is 0 Å². The van der Waals surface area contributed by atoms with Crippen molar-refractivity contribution in [2.45, 2.75) is 160 Å². The Hall–Kier alpha value is -2.34. The van der Waals surface area contributed by atoms with Crippen LogP contribution in [0.15, 0.2) is 48.6 Å². The van der Waals surface area contributed by atoms with Crippen molar-refractivity contribution in [3.63, 3.8) is 0 Å². The van der Waals surface area contributed by atoms with E-state index in [4.69, 9.17) is 18.9 Å². The minimum absolute atomic E-state index is 0.177. The summed E-state index contributed by atoms with van der Waals surface area (Å²) in [4.78, 5) is 25.0. The van der Waals surface area contributed by atoms with Crippen LogP contribution >= 0.6 is 0 Å². The van der Waals surface area contributed by atoms with Crippen molar-refractivity contribution in [3.05, 3.63) is 48.6 Å². The van der Waals surface area contributed by atoms with Gasteiger partial charge in [-0.25, -0.2) is 0 Å². The average molecular weight is 681 g/mol. The first-order valence-electron chi connectivity index (χ1n) is 18.2. The molecular formula is C38H64O10. The lowest BCUT2D eigenvalue weighted by Crippen LogP contribution is -2.59. The first kappa shape index (κ1) is 43.7. The summed E-state index contributed by atoms with van der Waals surface area (Å²) < 4.78 is 21.9. The summed E-state index contributed by atoms with van der Waals surface area (Å²) in [6.45, 7) is 3.19. The first-order chi connectivity index (χ1) is 23.3. The molecule has 0 amide bonds. The van der Waals surface area contributed by atoms with Crippen LogP contribution < -0.4 is 0 Å². The number of carbonyl (C=O) groups is 2. The fraction of sp³-hybridized carbons (Fsp3) is 0.737. The van der Waals surface area contributed by atoms with Crippen molar-refractivity contribution in [1.29, 1.82) is 0 Å². The van der Waals surface area contributed by atoms with E-state index in [9.17, 15) is 30.0 Å². The van der Waals surface area contributed by atoms with E-state index in [2.05, 4.69) is 62.5 Å². The Morgan fingerprint density at radius 2 is 1.23 bits per heavy atom. The van der Waals surface area contributed by atoms with Gasteiger partial charge in [-0.3, -0.25) is 9.59 Å². The molecule has 0 radical (unpaired) electrons. The molecule has 0 aliphatic carbocycles. The maximum absolute atomic E-state index is 12.6. The number of rotatable bonds is 28. The van der Waals surface area contributed by atoms with Crippen LogP contribution in [0.5, 0.6) is 0 Å². The molecule has 48 heavy (non-hydrogen) atoms. The summed E-state index contributed by atoms with van der Waals surface area (Å²) in [5.74, 6) is -0.866. The average Bonchev–Trinajstić information content (AvgIpc) is 3.08. The third-order valence-electron chi connectivity index (χ3n) is 7.98. The van der Waals surface area contributed by atoms with E-state index in [0.717, 1.165) is 64.2 Å². The van der Waals surface area contributed by atoms with Crippen LogP contribution in [0.25, 0.3) is 0 Å². The molecule has 10 heteroatoms. The molecule has 1 aliphatic rings. The molecule has 0 spiro atoms. The number of hydrogen-bond donors (Lipinski definition) is 4. The van der Waals surface area contributed by atoms with E-state index >= 15 is 0 Å². The molecular weight excluding hydrogens is 616 g/mol. The zero-order valence-electron chi connectivity index (χ0n) is 29.5. The number of ether oxygens (including phenoxy) is 4. The Labute approximate surface area is 288 Å². The van der Waals surface area contributed by atoms with Gasteiger partial charge in [0.15, 0.2) is 12.4 Å². The normalized spacial score (nSPS) is 22.3. The van der Waals surface area contributed by atoms with Gasteiger partial charge in [-0.2, -0.15) is 0 Å². The Kier molecular flexibility index (Phi) is 26.9. The summed E-state index contributed by atoms with van der Waals surface area (Å²) >= 11 is 0. The molecule has 0 bridgehead atoms. The fourth-order valence-corrected chi connectivity index (χ4v) is 5.06. The van der Waals surface area contributed by atoms with Gasteiger partial charge < -0.3 is 39.4 Å². The molecule has 0 aromatic carbocycles. The number of esters is 2. The number of allylic oxidation sites excluding steroid dienone is 8. The molecule has 1 rings (SSSR count). The molecule has 2 unspecified atom stereocenters. The van der Waals surface area contributed by atoms with Crippen LogP contribution in [0.3, 0.4) is 0 Å². The summed E-state index contributed by atoms with van der Waals surface area (Å²) in [5, 5.41) is 39.8. The SMILES string of the molecule is CC/C=C/C/C=C/C/C=C/C/C=C/CCCCC(=O)O[C@H](COC(=O)CCCCCCCCCC)CO[C@@H]1O[C@H](CO)[C@H](O)C(O)C1O. The minimum Gasteiger partial charge on any atom is -0.462 e. The van der Waals surface area contributed by atoms with Crippen LogP contribution in [-0.4, -0.2) is 89.0 Å². The smallest absolute Gasteiger partial charge is 0.306 e. The second kappa shape index (κ2) is 29.6. The molecule has 4 N–H and O–H groups in total. The highest BCUT2D eigenvalue weighted by molar-refractivity contribution is 5.70. The van der Waals surface area contributed by atoms with E-state index < -0.39 is 55.4 Å². The number of aliphatic hydroxyl groups excluding tert-OH is 4. The number of hydrogen-bond acceptors (Lipinski definition) is 10. The lowest BCUT2D eigenvalue weighted by Gasteiger charge is -2.39. The lowest BCUT2D eigenvalue weighted by atomic mass is 9.99. The molecule has 6 atom stereocenters. The van der Waals surface area contributed by atoms with Crippen LogP contribution in [0, 0.1) is 0 Å². The zero-order valence-corrected chi connectivity index (χ0v) is 29.5. The maximum atomic E-state index is 12.6. The van der Waals surface area contributed by atoms with E-state index in [0.29, 0.717) is 6.42 Å². The molecule has 1 fully saturated rings. The highest BCUT2D eigenvalue weighted by atomic mass is 16.7. The molecule has 1 saturated heterocycles. The van der Waals surface area contributed by atoms with Crippen molar-refractivity contribution >= 4 is 11.9 Å². The van der Waals surface area contributed by atoms with E-state index in [-0.39, 0.29) is 26.1 Å². The van der Waals surface area contributed by atoms with Gasteiger partial charge in [0.1, 0.15) is 31.0 Å². The molecule has 1 heterocycles. The summed E-state index contributed by atoms with van der Waals surface area (Å²) in [5.41, 5.74) is 0. The lowest BCUT2D eigenvalue weighted by molar-refractivity contribution is -0.305. The van der Waals surface area contributed by atoms with Crippen LogP contribution in [0.2, 0.25) is 0 Å². The topological polar surface area (TPSA) is 152 Å². The first-order valence-corrected chi connectivity index (χ1v) is 18.2. The van der Waals surface area contributed by atoms with Crippen molar-refractivity contribution < 1.29 is 49.0 Å². The largest absolute Gasteiger partial charge is 0.462 e. The van der Waals surface area contributed by atoms with Gasteiger partial charge in [-0.1, -0.05) is 107 Å². The highest BCUT2D eigenvalue weighted by Crippen LogP contribution is 2.22. The van der Waals surface area contributed by atoms with Crippen molar-refractivity contribution in [1.82, 2.24) is 0 Å². The van der Waals surface area contributed by atoms with Crippen LogP contribution in [0.1, 0.15) is 123 Å². The van der Waals surface area contributed by atoms with Gasteiger partial charge in [0.05, 0.1) is 13.2 Å². The highest BCUT2D eigenvalue weighted by Gasteiger charge is 2.44. The van der Waals surface area contributed by atoms with Crippen molar-refractivity contribution in [2.75, 3.05) is 19.8 Å². The van der Waals surface area contributed by atoms with Gasteiger partial charge in [-0.05, 0) is 51.4 Å². The zero-order chi connectivity index (χ0) is 35.2. The Bertz CT molecular complexity index is 928.